The van der Waals surface area contributed by atoms with E-state index in [9.17, 15) is 9.59 Å². The molecule has 2 N–H and O–H groups in total. The van der Waals surface area contributed by atoms with Gasteiger partial charge in [0.1, 0.15) is 5.01 Å². The predicted molar refractivity (Wildman–Crippen MR) is 88.8 cm³/mol. The van der Waals surface area contributed by atoms with Crippen LogP contribution in [0.1, 0.15) is 43.2 Å². The molecule has 2 aliphatic rings. The Bertz CT molecular complexity index is 540. The number of piperidine rings is 2. The number of aromatic nitrogens is 1. The highest BCUT2D eigenvalue weighted by molar-refractivity contribution is 7.09. The first kappa shape index (κ1) is 16.4. The fraction of sp³-hybridized carbons (Fsp3) is 0.688. The lowest BCUT2D eigenvalue weighted by Crippen LogP contribution is -2.46. The van der Waals surface area contributed by atoms with Gasteiger partial charge in [-0.05, 0) is 45.2 Å². The average molecular weight is 336 g/mol. The first-order valence-corrected chi connectivity index (χ1v) is 9.23. The molecule has 3 rings (SSSR count). The van der Waals surface area contributed by atoms with Crippen LogP contribution in [0, 0.1) is 5.92 Å². The summed E-state index contributed by atoms with van der Waals surface area (Å²) in [6, 6.07) is 0.153. The molecule has 1 aromatic rings. The van der Waals surface area contributed by atoms with Crippen molar-refractivity contribution < 1.29 is 9.59 Å². The van der Waals surface area contributed by atoms with Gasteiger partial charge in [0.25, 0.3) is 0 Å². The number of nitrogens with zero attached hydrogens (tertiary/aromatic N) is 3. The van der Waals surface area contributed by atoms with E-state index >= 15 is 0 Å². The first-order valence-electron chi connectivity index (χ1n) is 8.35. The molecule has 1 aromatic heterocycles. The van der Waals surface area contributed by atoms with Crippen LogP contribution in [-0.4, -0.2) is 52.8 Å². The SMILES string of the molecule is NC(=O)CN1CCC(C(=O)N2CCCCC2c2nccs2)CC1. The van der Waals surface area contributed by atoms with E-state index in [1.54, 1.807) is 11.3 Å². The van der Waals surface area contributed by atoms with Crippen LogP contribution >= 0.6 is 11.3 Å². The lowest BCUT2D eigenvalue weighted by atomic mass is 9.92. The molecule has 0 aliphatic carbocycles. The van der Waals surface area contributed by atoms with E-state index in [-0.39, 0.29) is 23.8 Å². The molecule has 2 amide bonds. The number of hydrogen-bond donors (Lipinski definition) is 1. The number of amides is 2. The summed E-state index contributed by atoms with van der Waals surface area (Å²) in [4.78, 5) is 32.5. The Kier molecular flexibility index (Phi) is 5.27. The van der Waals surface area contributed by atoms with Gasteiger partial charge in [-0.15, -0.1) is 11.3 Å². The number of nitrogens with two attached hydrogens (primary N) is 1. The molecule has 6 nitrogen and oxygen atoms in total. The van der Waals surface area contributed by atoms with E-state index in [2.05, 4.69) is 9.88 Å². The van der Waals surface area contributed by atoms with Crippen molar-refractivity contribution in [3.63, 3.8) is 0 Å². The Labute approximate surface area is 140 Å². The highest BCUT2D eigenvalue weighted by Gasteiger charge is 2.35. The Morgan fingerprint density at radius 2 is 2.00 bits per heavy atom. The van der Waals surface area contributed by atoms with E-state index in [0.29, 0.717) is 6.54 Å². The third-order valence-corrected chi connectivity index (χ3v) is 5.72. The predicted octanol–water partition coefficient (Wildman–Crippen LogP) is 1.39. The maximum Gasteiger partial charge on any atom is 0.231 e. The zero-order chi connectivity index (χ0) is 16.2. The highest BCUT2D eigenvalue weighted by atomic mass is 32.1. The molecule has 0 spiro atoms. The Morgan fingerprint density at radius 1 is 1.22 bits per heavy atom. The second kappa shape index (κ2) is 7.40. The minimum atomic E-state index is -0.297. The number of thiazole rings is 1. The largest absolute Gasteiger partial charge is 0.369 e. The molecular weight excluding hydrogens is 312 g/mol. The van der Waals surface area contributed by atoms with Gasteiger partial charge >= 0.3 is 0 Å². The maximum absolute atomic E-state index is 13.0. The minimum absolute atomic E-state index is 0.0692. The van der Waals surface area contributed by atoms with Crippen LogP contribution in [0.15, 0.2) is 11.6 Å². The van der Waals surface area contributed by atoms with Crippen molar-refractivity contribution in [1.82, 2.24) is 14.8 Å². The molecule has 0 aromatic carbocycles. The van der Waals surface area contributed by atoms with Crippen molar-refractivity contribution in [2.75, 3.05) is 26.2 Å². The third kappa shape index (κ3) is 3.90. The van der Waals surface area contributed by atoms with Gasteiger partial charge in [-0.25, -0.2) is 4.98 Å². The number of likely N-dealkylation sites (tertiary alicyclic amines) is 2. The molecule has 1 atom stereocenters. The van der Waals surface area contributed by atoms with Gasteiger partial charge in [0, 0.05) is 24.0 Å². The van der Waals surface area contributed by atoms with Gasteiger partial charge in [0.2, 0.25) is 11.8 Å². The lowest BCUT2D eigenvalue weighted by molar-refractivity contribution is -0.141. The molecule has 23 heavy (non-hydrogen) atoms. The van der Waals surface area contributed by atoms with Gasteiger partial charge in [0.05, 0.1) is 12.6 Å². The van der Waals surface area contributed by atoms with E-state index in [4.69, 9.17) is 5.73 Å². The normalized spacial score (nSPS) is 23.8. The van der Waals surface area contributed by atoms with Crippen molar-refractivity contribution in [2.24, 2.45) is 11.7 Å². The van der Waals surface area contributed by atoms with Gasteiger partial charge < -0.3 is 10.6 Å². The van der Waals surface area contributed by atoms with Gasteiger partial charge in [-0.2, -0.15) is 0 Å². The molecule has 7 heteroatoms. The maximum atomic E-state index is 13.0. The van der Waals surface area contributed by atoms with Crippen LogP contribution in [-0.2, 0) is 9.59 Å². The molecular formula is C16H24N4O2S. The second-order valence-electron chi connectivity index (χ2n) is 6.43. The molecule has 126 valence electrons. The zero-order valence-electron chi connectivity index (χ0n) is 13.3. The number of rotatable bonds is 4. The summed E-state index contributed by atoms with van der Waals surface area (Å²) in [5.41, 5.74) is 5.25. The molecule has 2 saturated heterocycles. The van der Waals surface area contributed by atoms with Gasteiger partial charge in [-0.3, -0.25) is 14.5 Å². The fourth-order valence-corrected chi connectivity index (χ4v) is 4.43. The van der Waals surface area contributed by atoms with E-state index in [1.807, 2.05) is 16.5 Å². The van der Waals surface area contributed by atoms with Crippen LogP contribution in [0.25, 0.3) is 0 Å². The topological polar surface area (TPSA) is 79.5 Å². The minimum Gasteiger partial charge on any atom is -0.369 e. The molecule has 0 saturated carbocycles. The third-order valence-electron chi connectivity index (χ3n) is 4.84. The van der Waals surface area contributed by atoms with Crippen molar-refractivity contribution in [2.45, 2.75) is 38.1 Å². The smallest absolute Gasteiger partial charge is 0.231 e. The Balaban J connectivity index is 1.61. The van der Waals surface area contributed by atoms with Crippen LogP contribution in [0.3, 0.4) is 0 Å². The summed E-state index contributed by atoms with van der Waals surface area (Å²) in [5, 5.41) is 3.04. The van der Waals surface area contributed by atoms with Crippen LogP contribution in [0.2, 0.25) is 0 Å². The van der Waals surface area contributed by atoms with E-state index in [0.717, 1.165) is 56.7 Å². The summed E-state index contributed by atoms with van der Waals surface area (Å²) in [6.45, 7) is 2.68. The Hall–Kier alpha value is -1.47. The molecule has 3 heterocycles. The van der Waals surface area contributed by atoms with Crippen LogP contribution in [0.4, 0.5) is 0 Å². The molecule has 0 radical (unpaired) electrons. The van der Waals surface area contributed by atoms with Crippen molar-refractivity contribution >= 4 is 23.2 Å². The van der Waals surface area contributed by atoms with Crippen molar-refractivity contribution in [3.8, 4) is 0 Å². The van der Waals surface area contributed by atoms with E-state index < -0.39 is 0 Å². The molecule has 1 unspecified atom stereocenters. The quantitative estimate of drug-likeness (QED) is 0.901. The number of carbonyl (C=O) groups is 2. The Morgan fingerprint density at radius 3 is 2.65 bits per heavy atom. The van der Waals surface area contributed by atoms with Crippen LogP contribution < -0.4 is 5.73 Å². The standard InChI is InChI=1S/C16H24N4O2S/c17-14(21)11-19-8-4-12(5-9-19)16(22)20-7-2-1-3-13(20)15-18-6-10-23-15/h6,10,12-13H,1-5,7-9,11H2,(H2,17,21). The number of primary amides is 1. The molecule has 2 fully saturated rings. The van der Waals surface area contributed by atoms with Crippen molar-refractivity contribution in [3.05, 3.63) is 16.6 Å². The zero-order valence-corrected chi connectivity index (χ0v) is 14.1. The molecule has 2 aliphatic heterocycles. The van der Waals surface area contributed by atoms with Crippen molar-refractivity contribution in [1.29, 1.82) is 0 Å². The average Bonchev–Trinajstić information content (AvgIpc) is 3.09. The lowest BCUT2D eigenvalue weighted by Gasteiger charge is -2.39. The van der Waals surface area contributed by atoms with Gasteiger partial charge in [-0.1, -0.05) is 0 Å². The monoisotopic (exact) mass is 336 g/mol. The first-order chi connectivity index (χ1) is 11.1. The summed E-state index contributed by atoms with van der Waals surface area (Å²) in [5.74, 6) is 0.0398. The summed E-state index contributed by atoms with van der Waals surface area (Å²) < 4.78 is 0. The number of carbonyl (C=O) groups excluding carboxylic acids is 2. The summed E-state index contributed by atoms with van der Waals surface area (Å²) >= 11 is 1.64. The fourth-order valence-electron chi connectivity index (χ4n) is 3.64. The molecule has 0 bridgehead atoms. The van der Waals surface area contributed by atoms with Gasteiger partial charge in [0.15, 0.2) is 0 Å². The second-order valence-corrected chi connectivity index (χ2v) is 7.36. The van der Waals surface area contributed by atoms with E-state index in [1.165, 1.54) is 0 Å². The van der Waals surface area contributed by atoms with Crippen LogP contribution in [0.5, 0.6) is 0 Å². The summed E-state index contributed by atoms with van der Waals surface area (Å²) in [6.07, 6.45) is 6.69. The highest BCUT2D eigenvalue weighted by Crippen LogP contribution is 2.34. The number of hydrogen-bond acceptors (Lipinski definition) is 5. The summed E-state index contributed by atoms with van der Waals surface area (Å²) in [7, 11) is 0.